The van der Waals surface area contributed by atoms with Crippen molar-refractivity contribution in [3.05, 3.63) is 47.5 Å². The van der Waals surface area contributed by atoms with Crippen molar-refractivity contribution in [2.45, 2.75) is 226 Å². The molecular weight excluding hydrogens is 629 g/mol. The molecule has 0 saturated heterocycles. The summed E-state index contributed by atoms with van der Waals surface area (Å²) in [7, 11) is 0. The van der Waals surface area contributed by atoms with E-state index in [9.17, 15) is 9.59 Å². The summed E-state index contributed by atoms with van der Waals surface area (Å²) >= 11 is 0. The van der Waals surface area contributed by atoms with Crippen LogP contribution in [-0.2, 0) is 25.5 Å². The molecule has 0 aromatic heterocycles. The first-order valence-corrected chi connectivity index (χ1v) is 22.0. The highest BCUT2D eigenvalue weighted by Gasteiger charge is 2.17. The van der Waals surface area contributed by atoms with E-state index < -0.39 is 0 Å². The number of allylic oxidation sites excluding steroid dienone is 2. The van der Waals surface area contributed by atoms with Crippen molar-refractivity contribution >= 4 is 11.9 Å². The molecule has 0 radical (unpaired) electrons. The molecule has 0 N–H and O–H groups in total. The van der Waals surface area contributed by atoms with Gasteiger partial charge in [-0.15, -0.1) is 0 Å². The number of carbonyl (C=O) groups is 2. The Morgan fingerprint density at radius 1 is 0.588 bits per heavy atom. The van der Waals surface area contributed by atoms with Gasteiger partial charge in [-0.2, -0.15) is 0 Å². The Morgan fingerprint density at radius 3 is 1.59 bits per heavy atom. The zero-order valence-electron chi connectivity index (χ0n) is 34.3. The predicted molar refractivity (Wildman–Crippen MR) is 219 cm³/mol. The SMILES string of the molecule is CCCCCCCCC(CCCCCCCC)OC(=O)CCCC/C=C\CCCCCCCCCCOC(=O)C(C)c1ccc(CC(C)C)cc1. The second-order valence-corrected chi connectivity index (χ2v) is 15.8. The molecule has 0 heterocycles. The van der Waals surface area contributed by atoms with Crippen molar-refractivity contribution in [2.24, 2.45) is 5.92 Å². The monoisotopic (exact) mass is 711 g/mol. The van der Waals surface area contributed by atoms with E-state index in [-0.39, 0.29) is 24.0 Å². The summed E-state index contributed by atoms with van der Waals surface area (Å²) in [4.78, 5) is 25.1. The van der Waals surface area contributed by atoms with Gasteiger partial charge in [0, 0.05) is 6.42 Å². The zero-order valence-corrected chi connectivity index (χ0v) is 34.3. The number of hydrogen-bond donors (Lipinski definition) is 0. The lowest BCUT2D eigenvalue weighted by molar-refractivity contribution is -0.150. The Bertz CT molecular complexity index is 949. The van der Waals surface area contributed by atoms with Crippen LogP contribution in [-0.4, -0.2) is 24.6 Å². The van der Waals surface area contributed by atoms with E-state index in [0.29, 0.717) is 18.9 Å². The third-order valence-electron chi connectivity index (χ3n) is 10.2. The van der Waals surface area contributed by atoms with Gasteiger partial charge in [0.15, 0.2) is 0 Å². The van der Waals surface area contributed by atoms with Crippen molar-refractivity contribution in [1.29, 1.82) is 0 Å². The van der Waals surface area contributed by atoms with Crippen LogP contribution >= 0.6 is 0 Å². The molecule has 1 atom stereocenters. The van der Waals surface area contributed by atoms with Gasteiger partial charge in [-0.25, -0.2) is 0 Å². The number of carbonyl (C=O) groups excluding carboxylic acids is 2. The molecule has 1 aromatic carbocycles. The molecular formula is C47H82O4. The maximum Gasteiger partial charge on any atom is 0.313 e. The second kappa shape index (κ2) is 33.7. The molecule has 1 rings (SSSR count). The van der Waals surface area contributed by atoms with Crippen LogP contribution in [0.25, 0.3) is 0 Å². The lowest BCUT2D eigenvalue weighted by atomic mass is 9.97. The summed E-state index contributed by atoms with van der Waals surface area (Å²) < 4.78 is 11.6. The van der Waals surface area contributed by atoms with Crippen LogP contribution in [0.3, 0.4) is 0 Å². The molecule has 0 amide bonds. The van der Waals surface area contributed by atoms with Gasteiger partial charge in [0.1, 0.15) is 6.10 Å². The number of rotatable bonds is 35. The summed E-state index contributed by atoms with van der Waals surface area (Å²) in [6, 6.07) is 8.44. The van der Waals surface area contributed by atoms with Crippen molar-refractivity contribution in [2.75, 3.05) is 6.61 Å². The minimum atomic E-state index is -0.208. The normalized spacial score (nSPS) is 12.3. The summed E-state index contributed by atoms with van der Waals surface area (Å²) in [5.74, 6) is 0.339. The van der Waals surface area contributed by atoms with Gasteiger partial charge in [0.25, 0.3) is 0 Å². The Hall–Kier alpha value is -2.10. The first-order chi connectivity index (χ1) is 24.9. The van der Waals surface area contributed by atoms with Crippen molar-refractivity contribution in [3.63, 3.8) is 0 Å². The molecule has 51 heavy (non-hydrogen) atoms. The van der Waals surface area contributed by atoms with Crippen LogP contribution < -0.4 is 0 Å². The summed E-state index contributed by atoms with van der Waals surface area (Å²) in [5, 5.41) is 0. The van der Waals surface area contributed by atoms with E-state index >= 15 is 0 Å². The number of unbranched alkanes of at least 4 members (excludes halogenated alkanes) is 20. The molecule has 0 aliphatic rings. The standard InChI is InChI=1S/C47H82O4/c1-6-8-10-12-24-28-32-45(33-29-25-13-11-9-7-2)51-46(48)34-30-26-22-20-18-16-14-15-17-19-21-23-27-31-39-50-47(49)42(5)44-37-35-43(36-38-44)40-41(3)4/h18,20,35-38,41-42,45H,6-17,19,21-34,39-40H2,1-5H3/b20-18-. The number of benzene rings is 1. The van der Waals surface area contributed by atoms with Gasteiger partial charge in [-0.1, -0.05) is 167 Å². The fraction of sp³-hybridized carbons (Fsp3) is 0.787. The maximum absolute atomic E-state index is 12.6. The molecule has 0 saturated carbocycles. The largest absolute Gasteiger partial charge is 0.465 e. The Morgan fingerprint density at radius 2 is 1.06 bits per heavy atom. The second-order valence-electron chi connectivity index (χ2n) is 15.8. The van der Waals surface area contributed by atoms with Gasteiger partial charge in [0.2, 0.25) is 0 Å². The van der Waals surface area contributed by atoms with Gasteiger partial charge in [-0.05, 0) is 94.6 Å². The predicted octanol–water partition coefficient (Wildman–Crippen LogP) is 14.6. The van der Waals surface area contributed by atoms with Crippen LogP contribution in [0.2, 0.25) is 0 Å². The smallest absolute Gasteiger partial charge is 0.313 e. The van der Waals surface area contributed by atoms with E-state index in [2.05, 4.69) is 64.1 Å². The molecule has 1 unspecified atom stereocenters. The van der Waals surface area contributed by atoms with Crippen molar-refractivity contribution in [3.8, 4) is 0 Å². The first kappa shape index (κ1) is 46.9. The zero-order chi connectivity index (χ0) is 37.2. The van der Waals surface area contributed by atoms with Gasteiger partial charge >= 0.3 is 11.9 Å². The molecule has 4 nitrogen and oxygen atoms in total. The van der Waals surface area contributed by atoms with E-state index in [1.54, 1.807) is 0 Å². The van der Waals surface area contributed by atoms with Gasteiger partial charge in [-0.3, -0.25) is 9.59 Å². The molecule has 0 bridgehead atoms. The fourth-order valence-corrected chi connectivity index (χ4v) is 6.85. The average Bonchev–Trinajstić information content (AvgIpc) is 3.12. The van der Waals surface area contributed by atoms with Crippen LogP contribution in [0.5, 0.6) is 0 Å². The minimum absolute atomic E-state index is 0.0216. The van der Waals surface area contributed by atoms with Gasteiger partial charge in [0.05, 0.1) is 12.5 Å². The van der Waals surface area contributed by atoms with E-state index in [1.807, 2.05) is 6.92 Å². The lowest BCUT2D eigenvalue weighted by Crippen LogP contribution is -2.18. The van der Waals surface area contributed by atoms with E-state index in [1.165, 1.54) is 121 Å². The summed E-state index contributed by atoms with van der Waals surface area (Å²) in [5.41, 5.74) is 2.36. The molecule has 1 aromatic rings. The minimum Gasteiger partial charge on any atom is -0.465 e. The number of ether oxygens (including phenoxy) is 2. The molecule has 0 fully saturated rings. The number of hydrogen-bond acceptors (Lipinski definition) is 4. The van der Waals surface area contributed by atoms with Crippen LogP contribution in [0.1, 0.15) is 225 Å². The molecule has 294 valence electrons. The Labute approximate surface area is 316 Å². The Kier molecular flexibility index (Phi) is 31.0. The third-order valence-corrected chi connectivity index (χ3v) is 10.2. The van der Waals surface area contributed by atoms with Crippen LogP contribution in [0.4, 0.5) is 0 Å². The van der Waals surface area contributed by atoms with E-state index in [0.717, 1.165) is 63.4 Å². The van der Waals surface area contributed by atoms with Gasteiger partial charge < -0.3 is 9.47 Å². The van der Waals surface area contributed by atoms with Crippen LogP contribution in [0, 0.1) is 5.92 Å². The lowest BCUT2D eigenvalue weighted by Gasteiger charge is -2.18. The third kappa shape index (κ3) is 28.1. The summed E-state index contributed by atoms with van der Waals surface area (Å²) in [6.07, 6.45) is 37.9. The maximum atomic E-state index is 12.6. The van der Waals surface area contributed by atoms with Crippen LogP contribution in [0.15, 0.2) is 36.4 Å². The highest BCUT2D eigenvalue weighted by Crippen LogP contribution is 2.20. The quantitative estimate of drug-likeness (QED) is 0.0400. The highest BCUT2D eigenvalue weighted by molar-refractivity contribution is 5.77. The van der Waals surface area contributed by atoms with Crippen molar-refractivity contribution in [1.82, 2.24) is 0 Å². The Balaban J connectivity index is 2.02. The number of esters is 2. The van der Waals surface area contributed by atoms with E-state index in [4.69, 9.17) is 9.47 Å². The first-order valence-electron chi connectivity index (χ1n) is 22.0. The molecule has 0 aliphatic carbocycles. The summed E-state index contributed by atoms with van der Waals surface area (Å²) in [6.45, 7) is 11.5. The molecule has 0 spiro atoms. The topological polar surface area (TPSA) is 52.6 Å². The highest BCUT2D eigenvalue weighted by atomic mass is 16.5. The van der Waals surface area contributed by atoms with Crippen molar-refractivity contribution < 1.29 is 19.1 Å². The molecule has 0 aliphatic heterocycles. The fourth-order valence-electron chi connectivity index (χ4n) is 6.85. The molecule has 4 heteroatoms. The average molecular weight is 711 g/mol.